The number of fused-ring (bicyclic) bond motifs is 1. The Labute approximate surface area is 125 Å². The number of nitrogens with one attached hydrogen (secondary N) is 2. The molecule has 1 aromatic carbocycles. The van der Waals surface area contributed by atoms with Gasteiger partial charge in [-0.15, -0.1) is 0 Å². The zero-order valence-electron chi connectivity index (χ0n) is 12.6. The summed E-state index contributed by atoms with van der Waals surface area (Å²) in [5, 5.41) is 3.51. The van der Waals surface area contributed by atoms with E-state index in [4.69, 9.17) is 4.98 Å². The highest BCUT2D eigenvalue weighted by atomic mass is 15.1. The van der Waals surface area contributed by atoms with Crippen LogP contribution in [0.1, 0.15) is 49.5 Å². The van der Waals surface area contributed by atoms with E-state index in [1.165, 1.54) is 56.3 Å². The molecule has 3 heterocycles. The van der Waals surface area contributed by atoms with Crippen LogP contribution in [0.3, 0.4) is 0 Å². The highest BCUT2D eigenvalue weighted by molar-refractivity contribution is 5.76. The fraction of sp³-hybridized carbons (Fsp3) is 0.588. The summed E-state index contributed by atoms with van der Waals surface area (Å²) in [6.07, 6.45) is 6.55. The third-order valence-electron chi connectivity index (χ3n) is 4.81. The molecular weight excluding hydrogens is 260 g/mol. The molecule has 21 heavy (non-hydrogen) atoms. The molecular formula is C17H24N4. The van der Waals surface area contributed by atoms with E-state index in [-0.39, 0.29) is 0 Å². The number of H-pyrrole nitrogens is 1. The normalized spacial score (nSPS) is 23.9. The van der Waals surface area contributed by atoms with E-state index in [1.807, 2.05) is 0 Å². The molecule has 2 N–H and O–H groups in total. The third-order valence-corrected chi connectivity index (χ3v) is 4.81. The van der Waals surface area contributed by atoms with E-state index < -0.39 is 0 Å². The van der Waals surface area contributed by atoms with Crippen LogP contribution in [0.25, 0.3) is 11.0 Å². The molecule has 2 saturated heterocycles. The van der Waals surface area contributed by atoms with Gasteiger partial charge in [0.1, 0.15) is 5.82 Å². The van der Waals surface area contributed by atoms with Gasteiger partial charge in [0.05, 0.1) is 17.1 Å². The maximum atomic E-state index is 4.75. The van der Waals surface area contributed by atoms with Gasteiger partial charge >= 0.3 is 0 Å². The molecule has 0 saturated carbocycles. The summed E-state index contributed by atoms with van der Waals surface area (Å²) in [6, 6.07) is 7.12. The summed E-state index contributed by atoms with van der Waals surface area (Å²) in [7, 11) is 0. The number of likely N-dealkylation sites (tertiary alicyclic amines) is 1. The molecule has 0 aliphatic carbocycles. The second kappa shape index (κ2) is 5.78. The molecule has 2 aliphatic heterocycles. The molecule has 1 unspecified atom stereocenters. The van der Waals surface area contributed by atoms with Crippen molar-refractivity contribution in [2.24, 2.45) is 0 Å². The molecule has 112 valence electrons. The Hall–Kier alpha value is -1.39. The number of aromatic nitrogens is 2. The Morgan fingerprint density at radius 2 is 2.05 bits per heavy atom. The van der Waals surface area contributed by atoms with E-state index in [1.54, 1.807) is 0 Å². The standard InChI is InChI=1S/C17H24N4/c1-2-9-21(10-3-1)12-13-6-7-14-16(11-13)20-17(19-14)15-5-4-8-18-15/h6-7,11,15,18H,1-5,8-10,12H2,(H,19,20). The van der Waals surface area contributed by atoms with Crippen molar-refractivity contribution in [2.45, 2.75) is 44.7 Å². The van der Waals surface area contributed by atoms with Gasteiger partial charge in [0, 0.05) is 6.54 Å². The average molecular weight is 284 g/mol. The molecule has 0 radical (unpaired) electrons. The van der Waals surface area contributed by atoms with Crippen LogP contribution in [0.5, 0.6) is 0 Å². The molecule has 4 rings (SSSR count). The van der Waals surface area contributed by atoms with Crippen molar-refractivity contribution in [3.05, 3.63) is 29.6 Å². The lowest BCUT2D eigenvalue weighted by atomic mass is 10.1. The van der Waals surface area contributed by atoms with Crippen LogP contribution in [-0.4, -0.2) is 34.5 Å². The molecule has 4 nitrogen and oxygen atoms in total. The lowest BCUT2D eigenvalue weighted by Crippen LogP contribution is -2.29. The first-order valence-electron chi connectivity index (χ1n) is 8.33. The molecule has 4 heteroatoms. The summed E-state index contributed by atoms with van der Waals surface area (Å²) < 4.78 is 0. The second-order valence-corrected chi connectivity index (χ2v) is 6.46. The van der Waals surface area contributed by atoms with Crippen molar-refractivity contribution < 1.29 is 0 Å². The van der Waals surface area contributed by atoms with Gasteiger partial charge in [0.2, 0.25) is 0 Å². The van der Waals surface area contributed by atoms with Gasteiger partial charge in [0.15, 0.2) is 0 Å². The summed E-state index contributed by atoms with van der Waals surface area (Å²) in [4.78, 5) is 10.8. The Morgan fingerprint density at radius 1 is 1.14 bits per heavy atom. The van der Waals surface area contributed by atoms with Gasteiger partial charge in [-0.05, 0) is 63.0 Å². The minimum atomic E-state index is 0.419. The van der Waals surface area contributed by atoms with E-state index in [0.29, 0.717) is 6.04 Å². The number of hydrogen-bond acceptors (Lipinski definition) is 3. The van der Waals surface area contributed by atoms with Crippen molar-refractivity contribution in [3.63, 3.8) is 0 Å². The fourth-order valence-corrected chi connectivity index (χ4v) is 3.63. The maximum absolute atomic E-state index is 4.75. The van der Waals surface area contributed by atoms with Crippen molar-refractivity contribution >= 4 is 11.0 Å². The van der Waals surface area contributed by atoms with E-state index in [0.717, 1.165) is 24.4 Å². The largest absolute Gasteiger partial charge is 0.341 e. The monoisotopic (exact) mass is 284 g/mol. The zero-order chi connectivity index (χ0) is 14.1. The summed E-state index contributed by atoms with van der Waals surface area (Å²) in [5.74, 6) is 1.11. The van der Waals surface area contributed by atoms with Crippen molar-refractivity contribution in [3.8, 4) is 0 Å². The topological polar surface area (TPSA) is 44.0 Å². The molecule has 2 fully saturated rings. The lowest BCUT2D eigenvalue weighted by Gasteiger charge is -2.26. The molecule has 2 aromatic rings. The van der Waals surface area contributed by atoms with Crippen molar-refractivity contribution in [2.75, 3.05) is 19.6 Å². The Kier molecular flexibility index (Phi) is 3.65. The quantitative estimate of drug-likeness (QED) is 0.910. The molecule has 0 spiro atoms. The lowest BCUT2D eigenvalue weighted by molar-refractivity contribution is 0.221. The minimum Gasteiger partial charge on any atom is -0.341 e. The number of rotatable bonds is 3. The van der Waals surface area contributed by atoms with Crippen LogP contribution in [0.4, 0.5) is 0 Å². The maximum Gasteiger partial charge on any atom is 0.124 e. The summed E-state index contributed by atoms with van der Waals surface area (Å²) in [5.41, 5.74) is 3.69. The molecule has 0 bridgehead atoms. The molecule has 2 aliphatic rings. The van der Waals surface area contributed by atoms with Crippen molar-refractivity contribution in [1.82, 2.24) is 20.2 Å². The highest BCUT2D eigenvalue weighted by Crippen LogP contribution is 2.24. The van der Waals surface area contributed by atoms with Gasteiger partial charge in [-0.2, -0.15) is 0 Å². The predicted octanol–water partition coefficient (Wildman–Crippen LogP) is 2.97. The Balaban J connectivity index is 1.54. The first kappa shape index (κ1) is 13.3. The molecule has 0 amide bonds. The van der Waals surface area contributed by atoms with Crippen molar-refractivity contribution in [1.29, 1.82) is 0 Å². The highest BCUT2D eigenvalue weighted by Gasteiger charge is 2.19. The Bertz CT molecular complexity index is 606. The predicted molar refractivity (Wildman–Crippen MR) is 85.2 cm³/mol. The molecule has 1 aromatic heterocycles. The summed E-state index contributed by atoms with van der Waals surface area (Å²) in [6.45, 7) is 4.68. The van der Waals surface area contributed by atoms with Crippen LogP contribution >= 0.6 is 0 Å². The number of aromatic amines is 1. The molecule has 1 atom stereocenters. The number of nitrogens with zero attached hydrogens (tertiary/aromatic N) is 2. The van der Waals surface area contributed by atoms with E-state index in [9.17, 15) is 0 Å². The SMILES string of the molecule is c1cc2nc(C3CCCN3)[nH]c2cc1CN1CCCCC1. The first-order valence-corrected chi connectivity index (χ1v) is 8.33. The van der Waals surface area contributed by atoms with Crippen LogP contribution in [-0.2, 0) is 6.54 Å². The van der Waals surface area contributed by atoms with Crippen LogP contribution in [0.2, 0.25) is 0 Å². The number of piperidine rings is 1. The second-order valence-electron chi connectivity index (χ2n) is 6.46. The van der Waals surface area contributed by atoms with Gasteiger partial charge in [-0.1, -0.05) is 12.5 Å². The van der Waals surface area contributed by atoms with Gasteiger partial charge in [-0.25, -0.2) is 4.98 Å². The van der Waals surface area contributed by atoms with Crippen LogP contribution in [0.15, 0.2) is 18.2 Å². The van der Waals surface area contributed by atoms with Gasteiger partial charge in [-0.3, -0.25) is 4.90 Å². The number of hydrogen-bond donors (Lipinski definition) is 2. The zero-order valence-corrected chi connectivity index (χ0v) is 12.6. The number of imidazole rings is 1. The fourth-order valence-electron chi connectivity index (χ4n) is 3.63. The summed E-state index contributed by atoms with van der Waals surface area (Å²) >= 11 is 0. The van der Waals surface area contributed by atoms with E-state index in [2.05, 4.69) is 33.4 Å². The Morgan fingerprint density at radius 3 is 2.86 bits per heavy atom. The van der Waals surface area contributed by atoms with Crippen LogP contribution in [0, 0.1) is 0 Å². The first-order chi connectivity index (χ1) is 10.4. The number of benzene rings is 1. The minimum absolute atomic E-state index is 0.419. The van der Waals surface area contributed by atoms with Crippen LogP contribution < -0.4 is 5.32 Å². The smallest absolute Gasteiger partial charge is 0.124 e. The van der Waals surface area contributed by atoms with Gasteiger partial charge in [0.25, 0.3) is 0 Å². The van der Waals surface area contributed by atoms with Gasteiger partial charge < -0.3 is 10.3 Å². The van der Waals surface area contributed by atoms with E-state index >= 15 is 0 Å². The average Bonchev–Trinajstić information content (AvgIpc) is 3.17. The third kappa shape index (κ3) is 2.83.